The van der Waals surface area contributed by atoms with E-state index in [9.17, 15) is 4.79 Å². The molecule has 0 saturated heterocycles. The normalized spacial score (nSPS) is 14.1. The van der Waals surface area contributed by atoms with Crippen molar-refractivity contribution in [2.75, 3.05) is 19.6 Å². The van der Waals surface area contributed by atoms with Gasteiger partial charge in [0.1, 0.15) is 11.8 Å². The molecule has 0 radical (unpaired) electrons. The van der Waals surface area contributed by atoms with Gasteiger partial charge in [0.05, 0.1) is 12.2 Å². The Bertz CT molecular complexity index is 841. The Balaban J connectivity index is 1.80. The SMILES string of the molecule is CCc1oc(C(=O)N2CCCn3nc(C#N)cc3C2)cc1CN(CC)CC. The van der Waals surface area contributed by atoms with Crippen LogP contribution in [0.25, 0.3) is 0 Å². The third-order valence-electron chi connectivity index (χ3n) is 5.13. The van der Waals surface area contributed by atoms with Crippen LogP contribution in [0, 0.1) is 11.3 Å². The van der Waals surface area contributed by atoms with Crippen molar-refractivity contribution in [2.45, 2.75) is 53.2 Å². The van der Waals surface area contributed by atoms with Gasteiger partial charge in [-0.1, -0.05) is 20.8 Å². The van der Waals surface area contributed by atoms with Crippen LogP contribution in [0.4, 0.5) is 0 Å². The molecular formula is C20H27N5O2. The van der Waals surface area contributed by atoms with E-state index in [0.29, 0.717) is 31.1 Å². The maximum absolute atomic E-state index is 13.1. The predicted molar refractivity (Wildman–Crippen MR) is 101 cm³/mol. The second-order valence-corrected chi connectivity index (χ2v) is 6.81. The molecule has 0 bridgehead atoms. The van der Waals surface area contributed by atoms with Crippen LogP contribution in [0.3, 0.4) is 0 Å². The Hall–Kier alpha value is -2.59. The van der Waals surface area contributed by atoms with Gasteiger partial charge in [-0.25, -0.2) is 0 Å². The van der Waals surface area contributed by atoms with Gasteiger partial charge in [0.2, 0.25) is 0 Å². The number of nitriles is 1. The highest BCUT2D eigenvalue weighted by Gasteiger charge is 2.25. The average molecular weight is 369 g/mol. The first kappa shape index (κ1) is 19.2. The van der Waals surface area contributed by atoms with Crippen LogP contribution < -0.4 is 0 Å². The highest BCUT2D eigenvalue weighted by molar-refractivity contribution is 5.91. The van der Waals surface area contributed by atoms with Gasteiger partial charge in [-0.2, -0.15) is 10.4 Å². The molecular weight excluding hydrogens is 342 g/mol. The number of rotatable bonds is 6. The number of nitrogens with zero attached hydrogens (tertiary/aromatic N) is 5. The van der Waals surface area contributed by atoms with Crippen molar-refractivity contribution in [3.8, 4) is 6.07 Å². The number of fused-ring (bicyclic) bond motifs is 1. The molecule has 0 fully saturated rings. The first-order chi connectivity index (χ1) is 13.1. The molecule has 0 unspecified atom stereocenters. The minimum atomic E-state index is -0.0938. The molecule has 1 amide bonds. The van der Waals surface area contributed by atoms with Gasteiger partial charge in [0, 0.05) is 31.6 Å². The Kier molecular flexibility index (Phi) is 5.97. The molecule has 3 heterocycles. The molecule has 0 spiro atoms. The molecule has 2 aromatic rings. The lowest BCUT2D eigenvalue weighted by molar-refractivity contribution is 0.0711. The molecule has 1 aliphatic rings. The molecule has 27 heavy (non-hydrogen) atoms. The zero-order valence-corrected chi connectivity index (χ0v) is 16.4. The highest BCUT2D eigenvalue weighted by Crippen LogP contribution is 2.22. The molecule has 1 aliphatic heterocycles. The molecule has 0 atom stereocenters. The molecule has 7 heteroatoms. The smallest absolute Gasteiger partial charge is 0.289 e. The van der Waals surface area contributed by atoms with Crippen LogP contribution in [-0.2, 0) is 26.1 Å². The summed E-state index contributed by atoms with van der Waals surface area (Å²) in [7, 11) is 0. The van der Waals surface area contributed by atoms with Crippen molar-refractivity contribution in [1.29, 1.82) is 5.26 Å². The third kappa shape index (κ3) is 4.06. The largest absolute Gasteiger partial charge is 0.456 e. The van der Waals surface area contributed by atoms with Crippen LogP contribution in [0.1, 0.15) is 60.5 Å². The Morgan fingerprint density at radius 2 is 2.07 bits per heavy atom. The number of hydrogen-bond donors (Lipinski definition) is 0. The first-order valence-corrected chi connectivity index (χ1v) is 9.69. The van der Waals surface area contributed by atoms with Gasteiger partial charge in [-0.05, 0) is 31.6 Å². The fourth-order valence-corrected chi connectivity index (χ4v) is 3.54. The van der Waals surface area contributed by atoms with E-state index in [1.54, 1.807) is 11.0 Å². The van der Waals surface area contributed by atoms with Crippen LogP contribution in [0.15, 0.2) is 16.5 Å². The highest BCUT2D eigenvalue weighted by atomic mass is 16.4. The van der Waals surface area contributed by atoms with Crippen LogP contribution in [-0.4, -0.2) is 45.1 Å². The van der Waals surface area contributed by atoms with Gasteiger partial charge < -0.3 is 9.32 Å². The van der Waals surface area contributed by atoms with Crippen molar-refractivity contribution < 1.29 is 9.21 Å². The summed E-state index contributed by atoms with van der Waals surface area (Å²) in [5.74, 6) is 1.20. The van der Waals surface area contributed by atoms with Crippen molar-refractivity contribution >= 4 is 5.91 Å². The van der Waals surface area contributed by atoms with E-state index in [4.69, 9.17) is 9.68 Å². The topological polar surface area (TPSA) is 78.3 Å². The van der Waals surface area contributed by atoms with Crippen molar-refractivity contribution in [3.63, 3.8) is 0 Å². The van der Waals surface area contributed by atoms with Crippen LogP contribution in [0.2, 0.25) is 0 Å². The number of furan rings is 1. The van der Waals surface area contributed by atoms with E-state index in [1.165, 1.54) is 0 Å². The summed E-state index contributed by atoms with van der Waals surface area (Å²) >= 11 is 0. The molecule has 7 nitrogen and oxygen atoms in total. The minimum absolute atomic E-state index is 0.0938. The summed E-state index contributed by atoms with van der Waals surface area (Å²) < 4.78 is 7.76. The summed E-state index contributed by atoms with van der Waals surface area (Å²) in [6.45, 7) is 10.9. The summed E-state index contributed by atoms with van der Waals surface area (Å²) in [5.41, 5.74) is 2.38. The van der Waals surface area contributed by atoms with Crippen LogP contribution in [0.5, 0.6) is 0 Å². The van der Waals surface area contributed by atoms with E-state index >= 15 is 0 Å². The fourth-order valence-electron chi connectivity index (χ4n) is 3.54. The Labute approximate surface area is 160 Å². The van der Waals surface area contributed by atoms with Gasteiger partial charge in [0.15, 0.2) is 11.5 Å². The van der Waals surface area contributed by atoms with E-state index in [-0.39, 0.29) is 5.91 Å². The zero-order chi connectivity index (χ0) is 19.4. The van der Waals surface area contributed by atoms with E-state index in [0.717, 1.165) is 49.5 Å². The Morgan fingerprint density at radius 1 is 1.30 bits per heavy atom. The van der Waals surface area contributed by atoms with E-state index in [2.05, 4.69) is 29.9 Å². The number of amides is 1. The zero-order valence-electron chi connectivity index (χ0n) is 16.4. The lowest BCUT2D eigenvalue weighted by atomic mass is 10.2. The average Bonchev–Trinajstić information content (AvgIpc) is 3.22. The standard InChI is InChI=1S/C20H27N5O2/c1-4-18-15(13-23(5-2)6-3)10-19(27-18)20(26)24-8-7-9-25-17(14-24)11-16(12-21)22-25/h10-11H,4-9,13-14H2,1-3H3. The quantitative estimate of drug-likeness (QED) is 0.782. The molecule has 0 aromatic carbocycles. The number of carbonyl (C=O) groups excluding carboxylic acids is 1. The maximum atomic E-state index is 13.1. The Morgan fingerprint density at radius 3 is 2.74 bits per heavy atom. The molecule has 144 valence electrons. The van der Waals surface area contributed by atoms with Gasteiger partial charge in [-0.3, -0.25) is 14.4 Å². The predicted octanol–water partition coefficient (Wildman–Crippen LogP) is 2.80. The summed E-state index contributed by atoms with van der Waals surface area (Å²) in [5, 5.41) is 13.3. The van der Waals surface area contributed by atoms with E-state index in [1.807, 2.05) is 17.7 Å². The fraction of sp³-hybridized carbons (Fsp3) is 0.550. The first-order valence-electron chi connectivity index (χ1n) is 9.69. The monoisotopic (exact) mass is 369 g/mol. The second kappa shape index (κ2) is 8.40. The van der Waals surface area contributed by atoms with Gasteiger partial charge in [-0.15, -0.1) is 0 Å². The number of aromatic nitrogens is 2. The van der Waals surface area contributed by atoms with Crippen molar-refractivity contribution in [2.24, 2.45) is 0 Å². The third-order valence-corrected chi connectivity index (χ3v) is 5.13. The van der Waals surface area contributed by atoms with Crippen molar-refractivity contribution in [1.82, 2.24) is 19.6 Å². The van der Waals surface area contributed by atoms with Crippen molar-refractivity contribution in [3.05, 3.63) is 40.6 Å². The van der Waals surface area contributed by atoms with Gasteiger partial charge >= 0.3 is 0 Å². The summed E-state index contributed by atoms with van der Waals surface area (Å²) in [6.07, 6.45) is 1.57. The molecule has 0 N–H and O–H groups in total. The molecule has 0 aliphatic carbocycles. The lowest BCUT2D eigenvalue weighted by Gasteiger charge is -2.18. The maximum Gasteiger partial charge on any atom is 0.289 e. The number of aryl methyl sites for hydroxylation is 2. The molecule has 3 rings (SSSR count). The lowest BCUT2D eigenvalue weighted by Crippen LogP contribution is -2.30. The van der Waals surface area contributed by atoms with E-state index < -0.39 is 0 Å². The summed E-state index contributed by atoms with van der Waals surface area (Å²) in [6, 6.07) is 5.74. The summed E-state index contributed by atoms with van der Waals surface area (Å²) in [4.78, 5) is 17.2. The molecule has 0 saturated carbocycles. The van der Waals surface area contributed by atoms with Gasteiger partial charge in [0.25, 0.3) is 5.91 Å². The second-order valence-electron chi connectivity index (χ2n) is 6.81. The number of carbonyl (C=O) groups is 1. The number of hydrogen-bond acceptors (Lipinski definition) is 5. The van der Waals surface area contributed by atoms with Crippen LogP contribution >= 0.6 is 0 Å². The minimum Gasteiger partial charge on any atom is -0.456 e. The molecule has 2 aromatic heterocycles.